The molecule has 28 heavy (non-hydrogen) atoms. The number of nitrogens with one attached hydrogen (secondary N) is 1. The van der Waals surface area contributed by atoms with Gasteiger partial charge in [0.15, 0.2) is 0 Å². The van der Waals surface area contributed by atoms with Crippen LogP contribution in [0.5, 0.6) is 0 Å². The molecule has 2 aliphatic rings. The van der Waals surface area contributed by atoms with E-state index in [4.69, 9.17) is 5.21 Å². The number of amides is 1. The van der Waals surface area contributed by atoms with Crippen molar-refractivity contribution in [2.45, 2.75) is 36.6 Å². The van der Waals surface area contributed by atoms with Crippen molar-refractivity contribution in [1.29, 1.82) is 0 Å². The maximum atomic E-state index is 13.4. The molecule has 1 heterocycles. The third-order valence-electron chi connectivity index (χ3n) is 5.50. The van der Waals surface area contributed by atoms with E-state index < -0.39 is 22.0 Å². The predicted octanol–water partition coefficient (Wildman–Crippen LogP) is 3.31. The van der Waals surface area contributed by atoms with Gasteiger partial charge in [0, 0.05) is 11.6 Å². The molecule has 2 aromatic carbocycles. The topological polar surface area (TPSA) is 86.7 Å². The van der Waals surface area contributed by atoms with Crippen LogP contribution in [0.25, 0.3) is 11.1 Å². The van der Waals surface area contributed by atoms with Crippen molar-refractivity contribution < 1.29 is 18.4 Å². The molecule has 0 spiro atoms. The first kappa shape index (κ1) is 18.7. The van der Waals surface area contributed by atoms with Crippen molar-refractivity contribution in [3.63, 3.8) is 0 Å². The molecule has 1 aliphatic carbocycles. The normalized spacial score (nSPS) is 21.8. The molecule has 2 N–H and O–H groups in total. The molecule has 7 heteroatoms. The highest BCUT2D eigenvalue weighted by Crippen LogP contribution is 2.43. The van der Waals surface area contributed by atoms with Gasteiger partial charge in [0.1, 0.15) is 6.04 Å². The van der Waals surface area contributed by atoms with Crippen molar-refractivity contribution in [1.82, 2.24) is 9.79 Å². The molecule has 0 aromatic heterocycles. The van der Waals surface area contributed by atoms with Crippen LogP contribution in [0.4, 0.5) is 0 Å². The molecule has 0 saturated carbocycles. The fraction of sp³-hybridized carbons (Fsp3) is 0.286. The monoisotopic (exact) mass is 398 g/mol. The molecule has 0 bridgehead atoms. The van der Waals surface area contributed by atoms with Crippen LogP contribution in [0.3, 0.4) is 0 Å². The second kappa shape index (κ2) is 7.41. The highest BCUT2D eigenvalue weighted by molar-refractivity contribution is 7.89. The highest BCUT2D eigenvalue weighted by atomic mass is 32.2. The number of hydroxylamine groups is 1. The number of carbonyl (C=O) groups excluding carboxylic acids is 1. The smallest absolute Gasteiger partial charge is 0.267 e. The van der Waals surface area contributed by atoms with Crippen LogP contribution in [-0.2, 0) is 14.8 Å². The number of allylic oxidation sites excluding steroid dienone is 2. The van der Waals surface area contributed by atoms with Crippen LogP contribution < -0.4 is 5.48 Å². The number of hydrogen-bond donors (Lipinski definition) is 2. The van der Waals surface area contributed by atoms with E-state index in [0.717, 1.165) is 30.4 Å². The minimum atomic E-state index is -3.92. The predicted molar refractivity (Wildman–Crippen MR) is 105 cm³/mol. The van der Waals surface area contributed by atoms with E-state index in [2.05, 4.69) is 0 Å². The summed E-state index contributed by atoms with van der Waals surface area (Å²) >= 11 is 0. The van der Waals surface area contributed by atoms with E-state index in [0.29, 0.717) is 12.1 Å². The Hall–Kier alpha value is -2.64. The maximum Gasteiger partial charge on any atom is 0.267 e. The van der Waals surface area contributed by atoms with Crippen LogP contribution in [0.1, 0.15) is 25.7 Å². The molecule has 146 valence electrons. The Morgan fingerprint density at radius 2 is 1.71 bits per heavy atom. The molecule has 1 saturated heterocycles. The Labute approximate surface area is 164 Å². The summed E-state index contributed by atoms with van der Waals surface area (Å²) in [5.41, 5.74) is 4.22. The average Bonchev–Trinajstić information content (AvgIpc) is 3.14. The van der Waals surface area contributed by atoms with Crippen molar-refractivity contribution >= 4 is 15.9 Å². The molecule has 0 radical (unpaired) electrons. The fourth-order valence-electron chi connectivity index (χ4n) is 4.14. The molecule has 2 aromatic rings. The summed E-state index contributed by atoms with van der Waals surface area (Å²) < 4.78 is 28.0. The first-order valence-electron chi connectivity index (χ1n) is 9.36. The number of benzene rings is 2. The summed E-state index contributed by atoms with van der Waals surface area (Å²) in [6, 6.07) is 15.5. The Bertz CT molecular complexity index is 1000. The molecular weight excluding hydrogens is 376 g/mol. The van der Waals surface area contributed by atoms with Gasteiger partial charge in [-0.2, -0.15) is 0 Å². The van der Waals surface area contributed by atoms with Gasteiger partial charge in [-0.25, -0.2) is 13.9 Å². The Morgan fingerprint density at radius 3 is 2.39 bits per heavy atom. The Kier molecular flexibility index (Phi) is 4.95. The van der Waals surface area contributed by atoms with Crippen LogP contribution in [-0.4, -0.2) is 29.9 Å². The number of nitrogens with zero attached hydrogens (tertiary/aromatic N) is 1. The van der Waals surface area contributed by atoms with Gasteiger partial charge in [-0.15, -0.1) is 0 Å². The minimum Gasteiger partial charge on any atom is -0.289 e. The molecule has 1 amide bonds. The lowest BCUT2D eigenvalue weighted by Gasteiger charge is -2.28. The van der Waals surface area contributed by atoms with E-state index in [1.165, 1.54) is 4.31 Å². The van der Waals surface area contributed by atoms with Crippen molar-refractivity contribution in [2.24, 2.45) is 5.92 Å². The van der Waals surface area contributed by atoms with Crippen LogP contribution in [0.2, 0.25) is 0 Å². The SMILES string of the molecule is O=C(NO)C1CC2CCCC=C2N1S(=O)(=O)c1ccc(-c2ccccc2)cc1. The zero-order valence-corrected chi connectivity index (χ0v) is 16.1. The molecule has 1 aliphatic heterocycles. The lowest BCUT2D eigenvalue weighted by Crippen LogP contribution is -2.44. The van der Waals surface area contributed by atoms with Crippen molar-refractivity contribution in [3.05, 3.63) is 66.4 Å². The number of hydrogen-bond acceptors (Lipinski definition) is 4. The second-order valence-electron chi connectivity index (χ2n) is 7.18. The summed E-state index contributed by atoms with van der Waals surface area (Å²) in [6.45, 7) is 0. The van der Waals surface area contributed by atoms with Crippen molar-refractivity contribution in [3.8, 4) is 11.1 Å². The summed E-state index contributed by atoms with van der Waals surface area (Å²) in [7, 11) is -3.92. The second-order valence-corrected chi connectivity index (χ2v) is 8.99. The summed E-state index contributed by atoms with van der Waals surface area (Å²) in [5.74, 6) is -0.672. The van der Waals surface area contributed by atoms with E-state index >= 15 is 0 Å². The number of rotatable bonds is 4. The molecule has 4 rings (SSSR count). The van der Waals surface area contributed by atoms with Gasteiger partial charge in [0.2, 0.25) is 0 Å². The van der Waals surface area contributed by atoms with Gasteiger partial charge in [-0.05, 0) is 48.9 Å². The number of fused-ring (bicyclic) bond motifs is 1. The molecule has 6 nitrogen and oxygen atoms in total. The van der Waals surface area contributed by atoms with Gasteiger partial charge in [0.05, 0.1) is 4.90 Å². The summed E-state index contributed by atoms with van der Waals surface area (Å²) in [6.07, 6.45) is 4.91. The third kappa shape index (κ3) is 3.21. The minimum absolute atomic E-state index is 0.0226. The first-order chi connectivity index (χ1) is 13.5. The van der Waals surface area contributed by atoms with Crippen LogP contribution in [0, 0.1) is 5.92 Å². The molecular formula is C21H22N2O4S. The van der Waals surface area contributed by atoms with Gasteiger partial charge in [-0.3, -0.25) is 14.3 Å². The quantitative estimate of drug-likeness (QED) is 0.611. The lowest BCUT2D eigenvalue weighted by atomic mass is 9.91. The average molecular weight is 398 g/mol. The third-order valence-corrected chi connectivity index (χ3v) is 7.36. The zero-order valence-electron chi connectivity index (χ0n) is 15.3. The summed E-state index contributed by atoms with van der Waals surface area (Å²) in [4.78, 5) is 12.3. The van der Waals surface area contributed by atoms with E-state index in [-0.39, 0.29) is 10.8 Å². The number of sulfonamides is 1. The standard InChI is InChI=1S/C21H22N2O4S/c24-21(22-25)20-14-17-8-4-5-9-19(17)23(20)28(26,27)18-12-10-16(11-13-18)15-6-2-1-3-7-15/h1-3,6-7,9-13,17,20,25H,4-5,8,14H2,(H,22,24). The molecule has 2 unspecified atom stereocenters. The molecule has 2 atom stereocenters. The van der Waals surface area contributed by atoms with Crippen LogP contribution in [0.15, 0.2) is 71.3 Å². The number of carbonyl (C=O) groups is 1. The van der Waals surface area contributed by atoms with Crippen LogP contribution >= 0.6 is 0 Å². The van der Waals surface area contributed by atoms with E-state index in [9.17, 15) is 13.2 Å². The van der Waals surface area contributed by atoms with Gasteiger partial charge < -0.3 is 0 Å². The lowest BCUT2D eigenvalue weighted by molar-refractivity contribution is -0.132. The fourth-order valence-corrected chi connectivity index (χ4v) is 5.87. The van der Waals surface area contributed by atoms with Gasteiger partial charge in [0.25, 0.3) is 15.9 Å². The zero-order chi connectivity index (χ0) is 19.7. The highest BCUT2D eigenvalue weighted by Gasteiger charge is 2.47. The van der Waals surface area contributed by atoms with E-state index in [1.807, 2.05) is 36.4 Å². The van der Waals surface area contributed by atoms with Crippen molar-refractivity contribution in [2.75, 3.05) is 0 Å². The van der Waals surface area contributed by atoms with Gasteiger partial charge >= 0.3 is 0 Å². The molecule has 1 fully saturated rings. The summed E-state index contributed by atoms with van der Waals surface area (Å²) in [5, 5.41) is 9.10. The Balaban J connectivity index is 1.71. The van der Waals surface area contributed by atoms with Gasteiger partial charge in [-0.1, -0.05) is 48.5 Å². The largest absolute Gasteiger partial charge is 0.289 e. The van der Waals surface area contributed by atoms with E-state index in [1.54, 1.807) is 29.7 Å². The first-order valence-corrected chi connectivity index (χ1v) is 10.8. The maximum absolute atomic E-state index is 13.4. The Morgan fingerprint density at radius 1 is 1.04 bits per heavy atom.